The molecule has 0 radical (unpaired) electrons. The number of benzene rings is 2. The summed E-state index contributed by atoms with van der Waals surface area (Å²) in [6, 6.07) is 13.2. The van der Waals surface area contributed by atoms with E-state index in [2.05, 4.69) is 5.32 Å². The molecule has 0 bridgehead atoms. The van der Waals surface area contributed by atoms with E-state index in [4.69, 9.17) is 15.2 Å². The summed E-state index contributed by atoms with van der Waals surface area (Å²) in [5, 5.41) is 2.83. The minimum Gasteiger partial charge on any atom is -0.493 e. The molecule has 0 atom stereocenters. The summed E-state index contributed by atoms with van der Waals surface area (Å²) in [7, 11) is 1.57. The predicted molar refractivity (Wildman–Crippen MR) is 91.1 cm³/mol. The SMILES string of the molecule is COc1cc(CCN)ccc1OCC(=O)Nc1ccccc1C. The highest BCUT2D eigenvalue weighted by atomic mass is 16.5. The van der Waals surface area contributed by atoms with E-state index < -0.39 is 0 Å². The molecule has 2 aromatic rings. The number of methoxy groups -OCH3 is 1. The average Bonchev–Trinajstić information content (AvgIpc) is 2.56. The number of aryl methyl sites for hydroxylation is 1. The number of ether oxygens (including phenoxy) is 2. The van der Waals surface area contributed by atoms with Crippen LogP contribution < -0.4 is 20.5 Å². The fourth-order valence-electron chi connectivity index (χ4n) is 2.20. The summed E-state index contributed by atoms with van der Waals surface area (Å²) in [4.78, 5) is 12.0. The van der Waals surface area contributed by atoms with Gasteiger partial charge >= 0.3 is 0 Å². The molecule has 0 unspecified atom stereocenters. The van der Waals surface area contributed by atoms with Gasteiger partial charge in [-0.1, -0.05) is 24.3 Å². The fraction of sp³-hybridized carbons (Fsp3) is 0.278. The molecule has 0 aliphatic carbocycles. The van der Waals surface area contributed by atoms with Crippen LogP contribution in [0.1, 0.15) is 11.1 Å². The molecule has 0 aliphatic heterocycles. The first-order valence-electron chi connectivity index (χ1n) is 7.49. The highest BCUT2D eigenvalue weighted by molar-refractivity contribution is 5.92. The molecule has 3 N–H and O–H groups in total. The minimum absolute atomic E-state index is 0.0824. The summed E-state index contributed by atoms with van der Waals surface area (Å²) in [6.45, 7) is 2.43. The lowest BCUT2D eigenvalue weighted by atomic mass is 10.1. The zero-order valence-electron chi connectivity index (χ0n) is 13.5. The van der Waals surface area contributed by atoms with Gasteiger partial charge in [-0.05, 0) is 49.2 Å². The number of rotatable bonds is 7. The van der Waals surface area contributed by atoms with Gasteiger partial charge in [-0.25, -0.2) is 0 Å². The van der Waals surface area contributed by atoms with Crippen molar-refractivity contribution in [3.8, 4) is 11.5 Å². The number of carbonyl (C=O) groups excluding carboxylic acids is 1. The van der Waals surface area contributed by atoms with Crippen LogP contribution in [0.2, 0.25) is 0 Å². The maximum atomic E-state index is 12.0. The fourth-order valence-corrected chi connectivity index (χ4v) is 2.20. The second kappa shape index (κ2) is 8.19. The second-order valence-electron chi connectivity index (χ2n) is 5.18. The van der Waals surface area contributed by atoms with Crippen LogP contribution in [0.5, 0.6) is 11.5 Å². The first kappa shape index (κ1) is 16.8. The lowest BCUT2D eigenvalue weighted by Gasteiger charge is -2.13. The summed E-state index contributed by atoms with van der Waals surface area (Å²) in [5.74, 6) is 0.917. The van der Waals surface area contributed by atoms with Gasteiger partial charge in [0.15, 0.2) is 18.1 Å². The smallest absolute Gasteiger partial charge is 0.262 e. The van der Waals surface area contributed by atoms with Crippen LogP contribution >= 0.6 is 0 Å². The lowest BCUT2D eigenvalue weighted by Crippen LogP contribution is -2.20. The molecule has 2 aromatic carbocycles. The third kappa shape index (κ3) is 4.72. The van der Waals surface area contributed by atoms with Crippen LogP contribution in [0, 0.1) is 6.92 Å². The van der Waals surface area contributed by atoms with E-state index in [-0.39, 0.29) is 12.5 Å². The van der Waals surface area contributed by atoms with Crippen LogP contribution in [-0.4, -0.2) is 26.2 Å². The van der Waals surface area contributed by atoms with Crippen LogP contribution in [0.25, 0.3) is 0 Å². The van der Waals surface area contributed by atoms with Gasteiger partial charge in [-0.15, -0.1) is 0 Å². The van der Waals surface area contributed by atoms with Crippen molar-refractivity contribution in [2.45, 2.75) is 13.3 Å². The number of nitrogens with two attached hydrogens (primary N) is 1. The molecule has 0 heterocycles. The van der Waals surface area contributed by atoms with Crippen molar-refractivity contribution in [2.75, 3.05) is 25.6 Å². The molecular weight excluding hydrogens is 292 g/mol. The lowest BCUT2D eigenvalue weighted by molar-refractivity contribution is -0.118. The number of para-hydroxylation sites is 1. The maximum Gasteiger partial charge on any atom is 0.262 e. The summed E-state index contributed by atoms with van der Waals surface area (Å²) >= 11 is 0. The first-order valence-corrected chi connectivity index (χ1v) is 7.49. The Morgan fingerprint density at radius 2 is 1.96 bits per heavy atom. The van der Waals surface area contributed by atoms with Crippen molar-refractivity contribution < 1.29 is 14.3 Å². The Labute approximate surface area is 136 Å². The quantitative estimate of drug-likeness (QED) is 0.823. The Morgan fingerprint density at radius 3 is 2.65 bits per heavy atom. The van der Waals surface area contributed by atoms with Crippen molar-refractivity contribution >= 4 is 11.6 Å². The molecule has 1 amide bonds. The van der Waals surface area contributed by atoms with Crippen molar-refractivity contribution in [3.05, 3.63) is 53.6 Å². The third-order valence-corrected chi connectivity index (χ3v) is 3.44. The van der Waals surface area contributed by atoms with Crippen molar-refractivity contribution in [2.24, 2.45) is 5.73 Å². The highest BCUT2D eigenvalue weighted by Crippen LogP contribution is 2.28. The molecule has 0 saturated heterocycles. The largest absolute Gasteiger partial charge is 0.493 e. The normalized spacial score (nSPS) is 10.2. The zero-order valence-corrected chi connectivity index (χ0v) is 13.5. The number of anilines is 1. The highest BCUT2D eigenvalue weighted by Gasteiger charge is 2.09. The number of amides is 1. The van der Waals surface area contributed by atoms with Crippen LogP contribution in [0.15, 0.2) is 42.5 Å². The molecule has 5 heteroatoms. The van der Waals surface area contributed by atoms with E-state index in [1.54, 1.807) is 13.2 Å². The van der Waals surface area contributed by atoms with Gasteiger partial charge in [-0.2, -0.15) is 0 Å². The molecule has 23 heavy (non-hydrogen) atoms. The predicted octanol–water partition coefficient (Wildman–Crippen LogP) is 2.52. The van der Waals surface area contributed by atoms with Crippen LogP contribution in [0.4, 0.5) is 5.69 Å². The van der Waals surface area contributed by atoms with Gasteiger partial charge in [0.2, 0.25) is 0 Å². The van der Waals surface area contributed by atoms with E-state index >= 15 is 0 Å². The Morgan fingerprint density at radius 1 is 1.17 bits per heavy atom. The molecule has 0 aliphatic rings. The number of hydrogen-bond donors (Lipinski definition) is 2. The Balaban J connectivity index is 1.97. The summed E-state index contributed by atoms with van der Waals surface area (Å²) < 4.78 is 10.9. The molecule has 0 saturated carbocycles. The molecule has 0 fully saturated rings. The zero-order chi connectivity index (χ0) is 16.7. The minimum atomic E-state index is -0.215. The molecule has 2 rings (SSSR count). The van der Waals surface area contributed by atoms with Crippen molar-refractivity contribution in [1.82, 2.24) is 0 Å². The molecular formula is C18H22N2O3. The molecule has 0 aromatic heterocycles. The average molecular weight is 314 g/mol. The monoisotopic (exact) mass is 314 g/mol. The van der Waals surface area contributed by atoms with Crippen LogP contribution in [-0.2, 0) is 11.2 Å². The van der Waals surface area contributed by atoms with Crippen molar-refractivity contribution in [1.29, 1.82) is 0 Å². The first-order chi connectivity index (χ1) is 11.1. The number of carbonyl (C=O) groups is 1. The Kier molecular flexibility index (Phi) is 6.00. The Bertz CT molecular complexity index is 671. The van der Waals surface area contributed by atoms with Gasteiger partial charge in [0.25, 0.3) is 5.91 Å². The van der Waals surface area contributed by atoms with Gasteiger partial charge in [0.1, 0.15) is 0 Å². The van der Waals surface area contributed by atoms with E-state index in [1.807, 2.05) is 43.3 Å². The second-order valence-corrected chi connectivity index (χ2v) is 5.18. The summed E-state index contributed by atoms with van der Waals surface area (Å²) in [5.41, 5.74) is 8.41. The number of nitrogens with one attached hydrogen (secondary N) is 1. The van der Waals surface area contributed by atoms with Crippen LogP contribution in [0.3, 0.4) is 0 Å². The van der Waals surface area contributed by atoms with E-state index in [9.17, 15) is 4.79 Å². The van der Waals surface area contributed by atoms with Gasteiger partial charge in [-0.3, -0.25) is 4.79 Å². The topological polar surface area (TPSA) is 73.6 Å². The number of hydrogen-bond acceptors (Lipinski definition) is 4. The van der Waals surface area contributed by atoms with E-state index in [1.165, 1.54) is 0 Å². The maximum absolute atomic E-state index is 12.0. The van der Waals surface area contributed by atoms with Gasteiger partial charge < -0.3 is 20.5 Å². The Hall–Kier alpha value is -2.53. The molecule has 0 spiro atoms. The van der Waals surface area contributed by atoms with Gasteiger partial charge in [0, 0.05) is 5.69 Å². The summed E-state index contributed by atoms with van der Waals surface area (Å²) in [6.07, 6.45) is 0.768. The van der Waals surface area contributed by atoms with Gasteiger partial charge in [0.05, 0.1) is 7.11 Å². The molecule has 5 nitrogen and oxygen atoms in total. The third-order valence-electron chi connectivity index (χ3n) is 3.44. The standard InChI is InChI=1S/C18H22N2O3/c1-13-5-3-4-6-15(13)20-18(21)12-23-16-8-7-14(9-10-19)11-17(16)22-2/h3-8,11H,9-10,12,19H2,1-2H3,(H,20,21). The molecule has 122 valence electrons. The van der Waals surface area contributed by atoms with Crippen molar-refractivity contribution in [3.63, 3.8) is 0 Å². The van der Waals surface area contributed by atoms with E-state index in [0.717, 1.165) is 23.2 Å². The van der Waals surface area contributed by atoms with E-state index in [0.29, 0.717) is 18.0 Å².